The molecular formula is C23H28N4O9. The van der Waals surface area contributed by atoms with Crippen LogP contribution in [-0.4, -0.2) is 57.1 Å². The van der Waals surface area contributed by atoms with Gasteiger partial charge in [0.05, 0.1) is 11.0 Å². The maximum atomic E-state index is 12.4. The summed E-state index contributed by atoms with van der Waals surface area (Å²) in [5.41, 5.74) is -0.337. The molecule has 1 fully saturated rings. The molecule has 4 atom stereocenters. The zero-order valence-corrected chi connectivity index (χ0v) is 20.0. The summed E-state index contributed by atoms with van der Waals surface area (Å²) in [6.45, 7) is 4.61. The molecule has 1 saturated heterocycles. The summed E-state index contributed by atoms with van der Waals surface area (Å²) in [5.74, 6) is -0.918. The quantitative estimate of drug-likeness (QED) is 0.293. The van der Waals surface area contributed by atoms with E-state index in [0.29, 0.717) is 5.56 Å². The van der Waals surface area contributed by atoms with Crippen molar-refractivity contribution in [3.8, 4) is 0 Å². The third-order valence-electron chi connectivity index (χ3n) is 5.60. The highest BCUT2D eigenvalue weighted by Crippen LogP contribution is 2.29. The summed E-state index contributed by atoms with van der Waals surface area (Å²) < 4.78 is 16.9. The average Bonchev–Trinajstić information content (AvgIpc) is 3.21. The minimum Gasteiger partial charge on any atom is -0.434 e. The Bertz CT molecular complexity index is 1170. The molecule has 1 aliphatic rings. The minimum absolute atomic E-state index is 0.0526. The van der Waals surface area contributed by atoms with Crippen LogP contribution in [0.2, 0.25) is 0 Å². The third kappa shape index (κ3) is 6.64. The Balaban J connectivity index is 1.51. The van der Waals surface area contributed by atoms with Crippen molar-refractivity contribution in [2.24, 2.45) is 5.92 Å². The van der Waals surface area contributed by atoms with E-state index in [1.165, 1.54) is 22.9 Å². The number of anilines is 1. The Morgan fingerprint density at radius 2 is 2.00 bits per heavy atom. The van der Waals surface area contributed by atoms with Crippen LogP contribution in [0.15, 0.2) is 41.3 Å². The van der Waals surface area contributed by atoms with E-state index in [4.69, 9.17) is 14.2 Å². The zero-order chi connectivity index (χ0) is 26.4. The number of nitro groups is 1. The number of rotatable bonds is 9. The van der Waals surface area contributed by atoms with Crippen molar-refractivity contribution in [2.45, 2.75) is 51.5 Å². The number of carbonyl (C=O) groups is 2. The number of aliphatic hydroxyl groups excluding tert-OH is 1. The molecule has 0 aliphatic carbocycles. The van der Waals surface area contributed by atoms with Crippen molar-refractivity contribution < 1.29 is 33.8 Å². The second-order valence-electron chi connectivity index (χ2n) is 8.67. The van der Waals surface area contributed by atoms with Crippen LogP contribution in [0.25, 0.3) is 0 Å². The van der Waals surface area contributed by atoms with E-state index in [9.17, 15) is 29.6 Å². The van der Waals surface area contributed by atoms with E-state index in [-0.39, 0.29) is 43.0 Å². The summed E-state index contributed by atoms with van der Waals surface area (Å²) >= 11 is 0. The monoisotopic (exact) mass is 504 g/mol. The van der Waals surface area contributed by atoms with Crippen molar-refractivity contribution in [3.63, 3.8) is 0 Å². The number of hydrogen-bond donors (Lipinski definition) is 2. The van der Waals surface area contributed by atoms with E-state index in [0.717, 1.165) is 0 Å². The Morgan fingerprint density at radius 3 is 2.67 bits per heavy atom. The molecule has 0 bridgehead atoms. The van der Waals surface area contributed by atoms with Gasteiger partial charge in [-0.1, -0.05) is 39.0 Å². The van der Waals surface area contributed by atoms with Crippen LogP contribution in [0.4, 0.5) is 16.3 Å². The smallest absolute Gasteiger partial charge is 0.434 e. The molecule has 2 heterocycles. The number of amides is 1. The first kappa shape index (κ1) is 26.8. The van der Waals surface area contributed by atoms with Crippen LogP contribution in [0.3, 0.4) is 0 Å². The second-order valence-corrected chi connectivity index (χ2v) is 8.67. The molecule has 1 aromatic carbocycles. The van der Waals surface area contributed by atoms with E-state index in [1.54, 1.807) is 39.0 Å². The van der Waals surface area contributed by atoms with Crippen LogP contribution in [0.1, 0.15) is 44.9 Å². The van der Waals surface area contributed by atoms with Crippen LogP contribution in [-0.2, 0) is 19.0 Å². The molecule has 0 spiro atoms. The van der Waals surface area contributed by atoms with Gasteiger partial charge in [0.25, 0.3) is 5.69 Å². The van der Waals surface area contributed by atoms with Gasteiger partial charge in [0, 0.05) is 36.1 Å². The zero-order valence-electron chi connectivity index (χ0n) is 20.0. The van der Waals surface area contributed by atoms with Crippen molar-refractivity contribution in [3.05, 3.63) is 62.7 Å². The van der Waals surface area contributed by atoms with Gasteiger partial charge < -0.3 is 24.6 Å². The highest BCUT2D eigenvalue weighted by Gasteiger charge is 2.36. The number of ether oxygens (including phenoxy) is 3. The van der Waals surface area contributed by atoms with Crippen molar-refractivity contribution in [1.82, 2.24) is 9.55 Å². The number of carbonyl (C=O) groups excluding carboxylic acids is 2. The summed E-state index contributed by atoms with van der Waals surface area (Å²) in [4.78, 5) is 50.7. The molecule has 3 rings (SSSR count). The van der Waals surface area contributed by atoms with Gasteiger partial charge in [-0.25, -0.2) is 9.59 Å². The first-order chi connectivity index (χ1) is 17.1. The first-order valence-corrected chi connectivity index (χ1v) is 11.3. The summed E-state index contributed by atoms with van der Waals surface area (Å²) in [6.07, 6.45) is -2.37. The van der Waals surface area contributed by atoms with E-state index < -0.39 is 41.1 Å². The molecule has 1 unspecified atom stereocenters. The predicted octanol–water partition coefficient (Wildman–Crippen LogP) is 2.35. The molecule has 2 aromatic rings. The molecule has 13 nitrogen and oxygen atoms in total. The molecule has 1 amide bonds. The topological polar surface area (TPSA) is 172 Å². The summed E-state index contributed by atoms with van der Waals surface area (Å²) in [6, 6.07) is 7.60. The number of benzene rings is 1. The van der Waals surface area contributed by atoms with Gasteiger partial charge >= 0.3 is 11.8 Å². The standard InChI is InChI=1S/C23H28N4O9/c1-13(2)21(29)24-19-8-9-26(22(30)25-19)20-10-17(28)18(36-20)12-35-23(31)34-11-14(3)15-6-4-5-7-16(15)27(32)33/h4-9,13-14,17-18,20,28H,10-12H2,1-3H3,(H,24,25,29,30)/t14?,17-,18+,20+/m0/s1. The van der Waals surface area contributed by atoms with Gasteiger partial charge in [0.15, 0.2) is 0 Å². The van der Waals surface area contributed by atoms with Crippen molar-refractivity contribution in [2.75, 3.05) is 18.5 Å². The average molecular weight is 504 g/mol. The van der Waals surface area contributed by atoms with Crippen LogP contribution < -0.4 is 11.0 Å². The SMILES string of the molecule is CC(C)C(=O)Nc1ccn([C@H]2C[C@H](O)[C@@H](COC(=O)OCC(C)c3ccccc3[N+](=O)[O-])O2)c(=O)n1. The number of nitrogens with zero attached hydrogens (tertiary/aromatic N) is 3. The fraction of sp³-hybridized carbons (Fsp3) is 0.478. The normalized spacial score (nSPS) is 20.1. The van der Waals surface area contributed by atoms with E-state index in [1.807, 2.05) is 0 Å². The Hall–Kier alpha value is -3.84. The van der Waals surface area contributed by atoms with Gasteiger partial charge in [0.2, 0.25) is 5.91 Å². The number of aromatic nitrogens is 2. The number of para-hydroxylation sites is 1. The molecule has 36 heavy (non-hydrogen) atoms. The summed E-state index contributed by atoms with van der Waals surface area (Å²) in [7, 11) is 0. The lowest BCUT2D eigenvalue weighted by molar-refractivity contribution is -0.385. The van der Waals surface area contributed by atoms with Crippen LogP contribution in [0, 0.1) is 16.0 Å². The van der Waals surface area contributed by atoms with Crippen molar-refractivity contribution >= 4 is 23.6 Å². The minimum atomic E-state index is -1.03. The molecular weight excluding hydrogens is 476 g/mol. The van der Waals surface area contributed by atoms with Gasteiger partial charge in [-0.05, 0) is 6.07 Å². The lowest BCUT2D eigenvalue weighted by atomic mass is 10.0. The van der Waals surface area contributed by atoms with E-state index in [2.05, 4.69) is 10.3 Å². The molecule has 2 N–H and O–H groups in total. The highest BCUT2D eigenvalue weighted by molar-refractivity contribution is 5.91. The number of nitrogens with one attached hydrogen (secondary N) is 1. The fourth-order valence-corrected chi connectivity index (χ4v) is 3.55. The van der Waals surface area contributed by atoms with Crippen molar-refractivity contribution in [1.29, 1.82) is 0 Å². The van der Waals surface area contributed by atoms with E-state index >= 15 is 0 Å². The van der Waals surface area contributed by atoms with Crippen LogP contribution in [0.5, 0.6) is 0 Å². The Morgan fingerprint density at radius 1 is 1.28 bits per heavy atom. The van der Waals surface area contributed by atoms with Crippen LogP contribution >= 0.6 is 0 Å². The maximum absolute atomic E-state index is 12.4. The molecule has 0 saturated carbocycles. The van der Waals surface area contributed by atoms with Gasteiger partial charge in [-0.15, -0.1) is 0 Å². The summed E-state index contributed by atoms with van der Waals surface area (Å²) in [5, 5.41) is 24.0. The molecule has 1 aromatic heterocycles. The maximum Gasteiger partial charge on any atom is 0.508 e. The Kier molecular flexibility index (Phi) is 8.72. The predicted molar refractivity (Wildman–Crippen MR) is 125 cm³/mol. The molecule has 194 valence electrons. The Labute approximate surface area is 206 Å². The molecule has 1 aliphatic heterocycles. The lowest BCUT2D eigenvalue weighted by Gasteiger charge is -2.17. The molecule has 0 radical (unpaired) electrons. The fourth-order valence-electron chi connectivity index (χ4n) is 3.55. The number of aliphatic hydroxyl groups is 1. The third-order valence-corrected chi connectivity index (χ3v) is 5.60. The number of hydrogen-bond acceptors (Lipinski definition) is 10. The molecule has 13 heteroatoms. The van der Waals surface area contributed by atoms with Gasteiger partial charge in [0.1, 0.15) is 31.4 Å². The first-order valence-electron chi connectivity index (χ1n) is 11.3. The second kappa shape index (κ2) is 11.7. The highest BCUT2D eigenvalue weighted by atomic mass is 16.7. The lowest BCUT2D eigenvalue weighted by Crippen LogP contribution is -2.30. The van der Waals surface area contributed by atoms with Gasteiger partial charge in [-0.3, -0.25) is 19.5 Å². The largest absolute Gasteiger partial charge is 0.508 e. The number of nitro benzene ring substituents is 1. The van der Waals surface area contributed by atoms with Gasteiger partial charge in [-0.2, -0.15) is 4.98 Å².